The molecule has 0 aliphatic rings. The molecule has 1 heterocycles. The van der Waals surface area contributed by atoms with Crippen molar-refractivity contribution in [2.75, 3.05) is 12.8 Å². The molecule has 0 saturated heterocycles. The number of imidazole rings is 1. The number of para-hydroxylation sites is 2. The summed E-state index contributed by atoms with van der Waals surface area (Å²) < 4.78 is 7.20. The van der Waals surface area contributed by atoms with Gasteiger partial charge in [-0.05, 0) is 19.1 Å². The van der Waals surface area contributed by atoms with E-state index in [0.717, 1.165) is 17.6 Å². The van der Waals surface area contributed by atoms with E-state index < -0.39 is 0 Å². The van der Waals surface area contributed by atoms with Gasteiger partial charge in [0.25, 0.3) is 0 Å². The van der Waals surface area contributed by atoms with E-state index in [9.17, 15) is 0 Å². The average Bonchev–Trinajstić information content (AvgIpc) is 2.55. The van der Waals surface area contributed by atoms with Gasteiger partial charge in [0, 0.05) is 7.11 Å². The van der Waals surface area contributed by atoms with E-state index in [4.69, 9.17) is 10.5 Å². The maximum Gasteiger partial charge on any atom is 0.201 e. The third kappa shape index (κ3) is 1.80. The molecule has 15 heavy (non-hydrogen) atoms. The van der Waals surface area contributed by atoms with Crippen molar-refractivity contribution >= 4 is 17.0 Å². The summed E-state index contributed by atoms with van der Waals surface area (Å²) in [5.74, 6) is 0.542. The number of aromatic nitrogens is 2. The van der Waals surface area contributed by atoms with E-state index in [1.165, 1.54) is 0 Å². The summed E-state index contributed by atoms with van der Waals surface area (Å²) in [5.41, 5.74) is 7.84. The van der Waals surface area contributed by atoms with Crippen LogP contribution in [0.3, 0.4) is 0 Å². The molecule has 1 atom stereocenters. The fraction of sp³-hybridized carbons (Fsp3) is 0.364. The topological polar surface area (TPSA) is 53.1 Å². The van der Waals surface area contributed by atoms with Gasteiger partial charge in [0.1, 0.15) is 0 Å². The van der Waals surface area contributed by atoms with Gasteiger partial charge in [0.15, 0.2) is 0 Å². The lowest BCUT2D eigenvalue weighted by atomic mass is 10.3. The molecule has 0 spiro atoms. The minimum atomic E-state index is 0.130. The van der Waals surface area contributed by atoms with Crippen molar-refractivity contribution < 1.29 is 4.74 Å². The van der Waals surface area contributed by atoms with Crippen molar-refractivity contribution in [2.24, 2.45) is 0 Å². The Morgan fingerprint density at radius 3 is 2.93 bits per heavy atom. The lowest BCUT2D eigenvalue weighted by molar-refractivity contribution is 0.105. The van der Waals surface area contributed by atoms with Crippen molar-refractivity contribution in [1.82, 2.24) is 9.55 Å². The highest BCUT2D eigenvalue weighted by Crippen LogP contribution is 2.17. The van der Waals surface area contributed by atoms with Crippen LogP contribution >= 0.6 is 0 Å². The lowest BCUT2D eigenvalue weighted by Gasteiger charge is -2.12. The molecular formula is C11H15N3O. The number of nitrogens with two attached hydrogens (primary N) is 1. The fourth-order valence-corrected chi connectivity index (χ4v) is 1.62. The molecule has 0 amide bonds. The molecule has 0 saturated carbocycles. The highest BCUT2D eigenvalue weighted by molar-refractivity contribution is 5.78. The van der Waals surface area contributed by atoms with Gasteiger partial charge in [-0.1, -0.05) is 12.1 Å². The molecule has 0 aliphatic heterocycles. The Bertz CT molecular complexity index is 464. The predicted molar refractivity (Wildman–Crippen MR) is 60.6 cm³/mol. The third-order valence-corrected chi connectivity index (χ3v) is 2.53. The fourth-order valence-electron chi connectivity index (χ4n) is 1.62. The van der Waals surface area contributed by atoms with Gasteiger partial charge < -0.3 is 15.0 Å². The zero-order chi connectivity index (χ0) is 10.8. The molecule has 80 valence electrons. The maximum atomic E-state index is 5.85. The van der Waals surface area contributed by atoms with Crippen LogP contribution in [0.25, 0.3) is 11.0 Å². The molecule has 0 aliphatic carbocycles. The van der Waals surface area contributed by atoms with E-state index >= 15 is 0 Å². The number of methoxy groups -OCH3 is 1. The Hall–Kier alpha value is -1.55. The Labute approximate surface area is 88.7 Å². The first-order valence-electron chi connectivity index (χ1n) is 4.96. The van der Waals surface area contributed by atoms with E-state index in [0.29, 0.717) is 5.95 Å². The van der Waals surface area contributed by atoms with Gasteiger partial charge in [-0.3, -0.25) is 0 Å². The average molecular weight is 205 g/mol. The van der Waals surface area contributed by atoms with Crippen molar-refractivity contribution in [3.8, 4) is 0 Å². The monoisotopic (exact) mass is 205 g/mol. The van der Waals surface area contributed by atoms with E-state index in [1.807, 2.05) is 35.8 Å². The zero-order valence-electron chi connectivity index (χ0n) is 8.97. The first-order valence-corrected chi connectivity index (χ1v) is 4.96. The lowest BCUT2D eigenvalue weighted by Crippen LogP contribution is -2.16. The number of nitrogens with zero attached hydrogens (tertiary/aromatic N) is 2. The minimum Gasteiger partial charge on any atom is -0.380 e. The molecule has 0 fully saturated rings. The summed E-state index contributed by atoms with van der Waals surface area (Å²) in [6.07, 6.45) is 0.130. The van der Waals surface area contributed by atoms with E-state index in [2.05, 4.69) is 4.98 Å². The molecule has 2 aromatic rings. The number of hydrogen-bond donors (Lipinski definition) is 1. The second kappa shape index (κ2) is 3.90. The minimum absolute atomic E-state index is 0.130. The first-order chi connectivity index (χ1) is 7.22. The van der Waals surface area contributed by atoms with Crippen LogP contribution in [0.4, 0.5) is 5.95 Å². The Morgan fingerprint density at radius 2 is 2.20 bits per heavy atom. The SMILES string of the molecule is COC(C)Cn1c(N)nc2ccccc21. The molecule has 2 N–H and O–H groups in total. The molecule has 2 rings (SSSR count). The normalized spacial score (nSPS) is 13.2. The number of hydrogen-bond acceptors (Lipinski definition) is 3. The van der Waals surface area contributed by atoms with E-state index in [-0.39, 0.29) is 6.10 Å². The number of ether oxygens (including phenoxy) is 1. The maximum absolute atomic E-state index is 5.85. The van der Waals surface area contributed by atoms with Crippen molar-refractivity contribution in [3.05, 3.63) is 24.3 Å². The zero-order valence-corrected chi connectivity index (χ0v) is 8.97. The number of rotatable bonds is 3. The smallest absolute Gasteiger partial charge is 0.201 e. The summed E-state index contributed by atoms with van der Waals surface area (Å²) >= 11 is 0. The summed E-state index contributed by atoms with van der Waals surface area (Å²) in [4.78, 5) is 4.29. The molecule has 1 aromatic heterocycles. The largest absolute Gasteiger partial charge is 0.380 e. The number of benzene rings is 1. The Kier molecular flexibility index (Phi) is 2.60. The second-order valence-corrected chi connectivity index (χ2v) is 3.62. The van der Waals surface area contributed by atoms with Crippen LogP contribution in [0.15, 0.2) is 24.3 Å². The summed E-state index contributed by atoms with van der Waals surface area (Å²) in [7, 11) is 1.69. The summed E-state index contributed by atoms with van der Waals surface area (Å²) in [5, 5.41) is 0. The highest BCUT2D eigenvalue weighted by Gasteiger charge is 2.09. The summed E-state index contributed by atoms with van der Waals surface area (Å²) in [6, 6.07) is 7.91. The highest BCUT2D eigenvalue weighted by atomic mass is 16.5. The molecule has 4 heteroatoms. The Morgan fingerprint density at radius 1 is 1.47 bits per heavy atom. The van der Waals surface area contributed by atoms with Crippen molar-refractivity contribution in [2.45, 2.75) is 19.6 Å². The molecule has 0 radical (unpaired) electrons. The number of fused-ring (bicyclic) bond motifs is 1. The standard InChI is InChI=1S/C11H15N3O/c1-8(15-2)7-14-10-6-4-3-5-9(10)13-11(14)12/h3-6,8H,7H2,1-2H3,(H2,12,13). The number of anilines is 1. The van der Waals surface area contributed by atoms with Gasteiger partial charge in [-0.25, -0.2) is 4.98 Å². The second-order valence-electron chi connectivity index (χ2n) is 3.62. The van der Waals surface area contributed by atoms with Crippen LogP contribution in [0.1, 0.15) is 6.92 Å². The van der Waals surface area contributed by atoms with Crippen LogP contribution in [0, 0.1) is 0 Å². The van der Waals surface area contributed by atoms with Gasteiger partial charge in [0.05, 0.1) is 23.7 Å². The van der Waals surface area contributed by atoms with E-state index in [1.54, 1.807) is 7.11 Å². The van der Waals surface area contributed by atoms with Crippen LogP contribution in [-0.4, -0.2) is 22.8 Å². The quantitative estimate of drug-likeness (QED) is 0.829. The molecule has 1 aromatic carbocycles. The van der Waals surface area contributed by atoms with Gasteiger partial charge in [0.2, 0.25) is 5.95 Å². The van der Waals surface area contributed by atoms with Crippen LogP contribution in [-0.2, 0) is 11.3 Å². The molecule has 4 nitrogen and oxygen atoms in total. The van der Waals surface area contributed by atoms with Crippen molar-refractivity contribution in [1.29, 1.82) is 0 Å². The van der Waals surface area contributed by atoms with Crippen LogP contribution < -0.4 is 5.73 Å². The summed E-state index contributed by atoms with van der Waals surface area (Å²) in [6.45, 7) is 2.73. The molecule has 1 unspecified atom stereocenters. The van der Waals surface area contributed by atoms with Crippen molar-refractivity contribution in [3.63, 3.8) is 0 Å². The number of nitrogen functional groups attached to an aromatic ring is 1. The van der Waals surface area contributed by atoms with Gasteiger partial charge >= 0.3 is 0 Å². The first kappa shape index (κ1) is 9.98. The van der Waals surface area contributed by atoms with Gasteiger partial charge in [-0.2, -0.15) is 0 Å². The molecular weight excluding hydrogens is 190 g/mol. The predicted octanol–water partition coefficient (Wildman–Crippen LogP) is 1.65. The Balaban J connectivity index is 2.45. The molecule has 0 bridgehead atoms. The van der Waals surface area contributed by atoms with Gasteiger partial charge in [-0.15, -0.1) is 0 Å². The third-order valence-electron chi connectivity index (χ3n) is 2.53. The van der Waals surface area contributed by atoms with Crippen LogP contribution in [0.2, 0.25) is 0 Å². The van der Waals surface area contributed by atoms with Crippen LogP contribution in [0.5, 0.6) is 0 Å².